The highest BCUT2D eigenvalue weighted by Gasteiger charge is 2.48. The quantitative estimate of drug-likeness (QED) is 0.833. The monoisotopic (exact) mass is 370 g/mol. The van der Waals surface area contributed by atoms with Crippen molar-refractivity contribution in [2.45, 2.75) is 12.3 Å². The molecule has 0 amide bonds. The van der Waals surface area contributed by atoms with Crippen LogP contribution in [0.5, 0.6) is 17.2 Å². The standard InChI is InChI=1S/C17H10ClF3O4/c18-9-4-6-10(7-5-9)24-13-2-1-3-14-11(13)8-12(16(22)23)15(25-14)17(19,20)21/h1-8,15H,(H,22,23). The minimum Gasteiger partial charge on any atom is -0.478 e. The van der Waals surface area contributed by atoms with Crippen LogP contribution in [0.15, 0.2) is 48.0 Å². The molecule has 2 aromatic carbocycles. The van der Waals surface area contributed by atoms with Gasteiger partial charge in [-0.25, -0.2) is 4.79 Å². The second-order valence-electron chi connectivity index (χ2n) is 5.17. The second-order valence-corrected chi connectivity index (χ2v) is 5.60. The number of fused-ring (bicyclic) bond motifs is 1. The number of carboxylic acid groups (broad SMARTS) is 1. The molecule has 0 aliphatic carbocycles. The number of alkyl halides is 3. The molecule has 1 aliphatic rings. The maximum Gasteiger partial charge on any atom is 0.430 e. The Balaban J connectivity index is 2.03. The van der Waals surface area contributed by atoms with Gasteiger partial charge in [-0.05, 0) is 42.5 Å². The van der Waals surface area contributed by atoms with Crippen molar-refractivity contribution in [2.24, 2.45) is 0 Å². The molecule has 1 unspecified atom stereocenters. The Bertz CT molecular complexity index is 844. The summed E-state index contributed by atoms with van der Waals surface area (Å²) in [5.74, 6) is -1.27. The molecule has 1 aliphatic heterocycles. The molecular formula is C17H10ClF3O4. The molecule has 130 valence electrons. The molecule has 4 nitrogen and oxygen atoms in total. The van der Waals surface area contributed by atoms with Gasteiger partial charge in [0.05, 0.1) is 11.1 Å². The number of aliphatic carboxylic acids is 1. The maximum absolute atomic E-state index is 13.1. The largest absolute Gasteiger partial charge is 0.478 e. The Morgan fingerprint density at radius 1 is 1.16 bits per heavy atom. The molecule has 0 spiro atoms. The molecule has 0 fully saturated rings. The predicted octanol–water partition coefficient (Wildman–Crippen LogP) is 4.92. The summed E-state index contributed by atoms with van der Waals surface area (Å²) < 4.78 is 49.7. The van der Waals surface area contributed by atoms with E-state index >= 15 is 0 Å². The lowest BCUT2D eigenvalue weighted by molar-refractivity contribution is -0.187. The third-order valence-corrected chi connectivity index (χ3v) is 3.69. The Labute approximate surface area is 145 Å². The van der Waals surface area contributed by atoms with Gasteiger partial charge in [0, 0.05) is 5.02 Å². The summed E-state index contributed by atoms with van der Waals surface area (Å²) >= 11 is 5.79. The summed E-state index contributed by atoms with van der Waals surface area (Å²) in [6, 6.07) is 10.6. The number of carbonyl (C=O) groups is 1. The number of rotatable bonds is 3. The van der Waals surface area contributed by atoms with E-state index in [1.807, 2.05) is 0 Å². The molecule has 0 aromatic heterocycles. The van der Waals surface area contributed by atoms with E-state index in [4.69, 9.17) is 26.2 Å². The zero-order chi connectivity index (χ0) is 18.2. The topological polar surface area (TPSA) is 55.8 Å². The zero-order valence-electron chi connectivity index (χ0n) is 12.4. The molecule has 8 heteroatoms. The molecule has 0 saturated heterocycles. The average molecular weight is 371 g/mol. The molecule has 25 heavy (non-hydrogen) atoms. The van der Waals surface area contributed by atoms with Crippen LogP contribution in [0, 0.1) is 0 Å². The Morgan fingerprint density at radius 3 is 2.44 bits per heavy atom. The number of ether oxygens (including phenoxy) is 2. The minimum atomic E-state index is -4.85. The van der Waals surface area contributed by atoms with Crippen molar-refractivity contribution in [2.75, 3.05) is 0 Å². The first-order valence-electron chi connectivity index (χ1n) is 7.00. The Hall–Kier alpha value is -2.67. The van der Waals surface area contributed by atoms with Crippen LogP contribution in [0.3, 0.4) is 0 Å². The summed E-state index contributed by atoms with van der Waals surface area (Å²) in [7, 11) is 0. The average Bonchev–Trinajstić information content (AvgIpc) is 2.55. The van der Waals surface area contributed by atoms with Gasteiger partial charge in [-0.3, -0.25) is 0 Å². The highest BCUT2D eigenvalue weighted by molar-refractivity contribution is 6.30. The van der Waals surface area contributed by atoms with Crippen LogP contribution in [0.1, 0.15) is 5.56 Å². The van der Waals surface area contributed by atoms with Crippen molar-refractivity contribution in [1.29, 1.82) is 0 Å². The van der Waals surface area contributed by atoms with Gasteiger partial charge in [-0.1, -0.05) is 17.7 Å². The van der Waals surface area contributed by atoms with Gasteiger partial charge >= 0.3 is 12.1 Å². The fourth-order valence-electron chi connectivity index (χ4n) is 2.33. The third kappa shape index (κ3) is 3.56. The number of hydrogen-bond acceptors (Lipinski definition) is 3. The lowest BCUT2D eigenvalue weighted by atomic mass is 10.0. The van der Waals surface area contributed by atoms with E-state index in [9.17, 15) is 18.0 Å². The van der Waals surface area contributed by atoms with Crippen LogP contribution in [0.4, 0.5) is 13.2 Å². The lowest BCUT2D eigenvalue weighted by Crippen LogP contribution is -2.40. The molecule has 2 aromatic rings. The molecule has 1 heterocycles. The third-order valence-electron chi connectivity index (χ3n) is 3.44. The fraction of sp³-hybridized carbons (Fsp3) is 0.118. The Kier molecular flexibility index (Phi) is 4.34. The zero-order valence-corrected chi connectivity index (χ0v) is 13.1. The lowest BCUT2D eigenvalue weighted by Gasteiger charge is -2.27. The normalized spacial score (nSPS) is 16.5. The van der Waals surface area contributed by atoms with Crippen molar-refractivity contribution in [1.82, 2.24) is 0 Å². The summed E-state index contributed by atoms with van der Waals surface area (Å²) in [5.41, 5.74) is -0.789. The molecular weight excluding hydrogens is 361 g/mol. The molecule has 0 saturated carbocycles. The van der Waals surface area contributed by atoms with Gasteiger partial charge in [0.2, 0.25) is 6.10 Å². The first kappa shape index (κ1) is 17.2. The van der Waals surface area contributed by atoms with Gasteiger partial charge < -0.3 is 14.6 Å². The van der Waals surface area contributed by atoms with Crippen molar-refractivity contribution < 1.29 is 32.5 Å². The number of carboxylic acids is 1. The van der Waals surface area contributed by atoms with Gasteiger partial charge in [0.15, 0.2) is 0 Å². The van der Waals surface area contributed by atoms with Crippen LogP contribution < -0.4 is 9.47 Å². The van der Waals surface area contributed by atoms with Crippen molar-refractivity contribution in [3.8, 4) is 17.2 Å². The van der Waals surface area contributed by atoms with Crippen LogP contribution in [0.2, 0.25) is 5.02 Å². The van der Waals surface area contributed by atoms with Gasteiger partial charge in [-0.2, -0.15) is 13.2 Å². The number of halogens is 4. The van der Waals surface area contributed by atoms with Crippen LogP contribution in [-0.4, -0.2) is 23.4 Å². The van der Waals surface area contributed by atoms with E-state index in [-0.39, 0.29) is 17.1 Å². The van der Waals surface area contributed by atoms with Crippen LogP contribution >= 0.6 is 11.6 Å². The van der Waals surface area contributed by atoms with E-state index < -0.39 is 23.8 Å². The summed E-state index contributed by atoms with van der Waals surface area (Å²) in [6.45, 7) is 0. The smallest absolute Gasteiger partial charge is 0.430 e. The van der Waals surface area contributed by atoms with Gasteiger partial charge in [0.1, 0.15) is 17.2 Å². The maximum atomic E-state index is 13.1. The minimum absolute atomic E-state index is 0.112. The predicted molar refractivity (Wildman–Crippen MR) is 84.1 cm³/mol. The van der Waals surface area contributed by atoms with Gasteiger partial charge in [0.25, 0.3) is 0 Å². The van der Waals surface area contributed by atoms with E-state index in [1.54, 1.807) is 24.3 Å². The summed E-state index contributed by atoms with van der Waals surface area (Å²) in [6.07, 6.45) is -6.47. The molecule has 3 rings (SSSR count). The number of benzene rings is 2. The van der Waals surface area contributed by atoms with E-state index in [0.717, 1.165) is 6.08 Å². The molecule has 1 atom stereocenters. The number of hydrogen-bond donors (Lipinski definition) is 1. The summed E-state index contributed by atoms with van der Waals surface area (Å²) in [5, 5.41) is 9.60. The van der Waals surface area contributed by atoms with E-state index in [0.29, 0.717) is 10.8 Å². The highest BCUT2D eigenvalue weighted by Crippen LogP contribution is 2.42. The second kappa shape index (κ2) is 6.33. The molecule has 1 N–H and O–H groups in total. The molecule has 0 radical (unpaired) electrons. The first-order chi connectivity index (χ1) is 11.8. The van der Waals surface area contributed by atoms with Gasteiger partial charge in [-0.15, -0.1) is 0 Å². The first-order valence-corrected chi connectivity index (χ1v) is 7.38. The van der Waals surface area contributed by atoms with Crippen molar-refractivity contribution in [3.63, 3.8) is 0 Å². The van der Waals surface area contributed by atoms with E-state index in [1.165, 1.54) is 18.2 Å². The Morgan fingerprint density at radius 2 is 1.84 bits per heavy atom. The van der Waals surface area contributed by atoms with Crippen LogP contribution in [0.25, 0.3) is 6.08 Å². The molecule has 0 bridgehead atoms. The van der Waals surface area contributed by atoms with Crippen molar-refractivity contribution in [3.05, 3.63) is 58.6 Å². The van der Waals surface area contributed by atoms with E-state index in [2.05, 4.69) is 0 Å². The summed E-state index contributed by atoms with van der Waals surface area (Å²) in [4.78, 5) is 11.2. The fourth-order valence-corrected chi connectivity index (χ4v) is 2.45. The van der Waals surface area contributed by atoms with Crippen LogP contribution in [-0.2, 0) is 4.79 Å². The van der Waals surface area contributed by atoms with Crippen molar-refractivity contribution >= 4 is 23.6 Å². The SMILES string of the molecule is O=C(O)C1=Cc2c(Oc3ccc(Cl)cc3)cccc2OC1C(F)(F)F. The highest BCUT2D eigenvalue weighted by atomic mass is 35.5.